The van der Waals surface area contributed by atoms with Crippen molar-refractivity contribution >= 4 is 11.8 Å². The van der Waals surface area contributed by atoms with Crippen molar-refractivity contribution in [2.75, 3.05) is 20.2 Å². The van der Waals surface area contributed by atoms with E-state index in [2.05, 4.69) is 15.8 Å². The maximum Gasteiger partial charge on any atom is 0.323 e. The van der Waals surface area contributed by atoms with Gasteiger partial charge in [-0.1, -0.05) is 13.8 Å². The number of ether oxygens (including phenoxy) is 1. The number of hydrogen-bond acceptors (Lipinski definition) is 5. The maximum absolute atomic E-state index is 15.2. The third kappa shape index (κ3) is 9.05. The molecule has 1 rings (SSSR count). The number of amidine groups is 1. The molecule has 0 spiro atoms. The molecule has 0 amide bonds. The second kappa shape index (κ2) is 11.3. The number of nitrogens with one attached hydrogen (secondary N) is 2. The van der Waals surface area contributed by atoms with Gasteiger partial charge in [0.05, 0.1) is 6.61 Å². The Kier molecular flexibility index (Phi) is 9.78. The number of carbonyl (C=O) groups excluding carboxylic acids is 1. The molecule has 0 saturated carbocycles. The van der Waals surface area contributed by atoms with Crippen LogP contribution in [0.1, 0.15) is 66.6 Å². The fraction of sp³-hybridized carbons (Fsp3) is 0.889. The Morgan fingerprint density at radius 3 is 2.84 bits per heavy atom. The van der Waals surface area contributed by atoms with Gasteiger partial charge in [-0.2, -0.15) is 5.10 Å². The normalized spacial score (nSPS) is 26.3. The fourth-order valence-electron chi connectivity index (χ4n) is 3.05. The molecule has 1 aliphatic heterocycles. The van der Waals surface area contributed by atoms with Crippen LogP contribution in [0.5, 0.6) is 0 Å². The van der Waals surface area contributed by atoms with Crippen molar-refractivity contribution in [1.82, 2.24) is 10.7 Å². The molecular weight excluding hydrogens is 323 g/mol. The summed E-state index contributed by atoms with van der Waals surface area (Å²) in [7, 11) is 1.67. The summed E-state index contributed by atoms with van der Waals surface area (Å²) in [6, 6.07) is -0.336. The van der Waals surface area contributed by atoms with Crippen molar-refractivity contribution in [3.63, 3.8) is 0 Å². The van der Waals surface area contributed by atoms with Gasteiger partial charge in [-0.25, -0.2) is 4.39 Å². The second-order valence-corrected chi connectivity index (χ2v) is 7.36. The number of nitrogens with zero attached hydrogens (tertiary/aromatic N) is 1. The Balaban J connectivity index is 0.00000625. The number of halogens is 1. The molecule has 1 unspecified atom stereocenters. The van der Waals surface area contributed by atoms with E-state index in [1.54, 1.807) is 7.05 Å². The van der Waals surface area contributed by atoms with Crippen LogP contribution in [-0.2, 0) is 9.53 Å². The molecule has 1 fully saturated rings. The maximum atomic E-state index is 15.2. The second-order valence-electron chi connectivity index (χ2n) is 7.36. The molecule has 0 aliphatic carbocycles. The minimum atomic E-state index is -1.24. The Labute approximate surface area is 152 Å². The van der Waals surface area contributed by atoms with Crippen molar-refractivity contribution in [2.24, 2.45) is 16.8 Å². The molecule has 2 atom stereocenters. The quantitative estimate of drug-likeness (QED) is 0.281. The minimum Gasteiger partial charge on any atom is -0.464 e. The molecule has 4 N–H and O–H groups in total. The van der Waals surface area contributed by atoms with Gasteiger partial charge in [0.25, 0.3) is 0 Å². The standard InChI is InChI=1S/C18H35FN4O2.H2/c1-14(2)13-25-17(24)15-7-6-10-18(19,9-4-5-12-22-15)11-8-16(20)23-21-3;/h14-15,21-22H,4-13H2,1-3H3,(H2,20,23);1H/t15?,18-;/m1./s1. The summed E-state index contributed by atoms with van der Waals surface area (Å²) in [5.74, 6) is 0.518. The number of carbonyl (C=O) groups is 1. The van der Waals surface area contributed by atoms with E-state index >= 15 is 4.39 Å². The molecule has 1 aliphatic rings. The van der Waals surface area contributed by atoms with E-state index in [0.717, 1.165) is 12.8 Å². The van der Waals surface area contributed by atoms with Crippen LogP contribution in [0.25, 0.3) is 0 Å². The van der Waals surface area contributed by atoms with Crippen LogP contribution in [0.3, 0.4) is 0 Å². The minimum absolute atomic E-state index is 0. The lowest BCUT2D eigenvalue weighted by molar-refractivity contribution is -0.147. The molecule has 0 aromatic carbocycles. The van der Waals surface area contributed by atoms with E-state index in [1.165, 1.54) is 0 Å². The van der Waals surface area contributed by atoms with Gasteiger partial charge in [0, 0.05) is 14.9 Å². The lowest BCUT2D eigenvalue weighted by Gasteiger charge is -2.28. The van der Waals surface area contributed by atoms with Gasteiger partial charge in [0.1, 0.15) is 17.5 Å². The highest BCUT2D eigenvalue weighted by atomic mass is 19.1. The zero-order valence-electron chi connectivity index (χ0n) is 15.9. The van der Waals surface area contributed by atoms with Gasteiger partial charge in [-0.3, -0.25) is 4.79 Å². The lowest BCUT2D eigenvalue weighted by atomic mass is 9.86. The number of hydrogen-bond donors (Lipinski definition) is 3. The van der Waals surface area contributed by atoms with Crippen molar-refractivity contribution < 1.29 is 15.3 Å². The van der Waals surface area contributed by atoms with Crippen LogP contribution >= 0.6 is 0 Å². The SMILES string of the molecule is CN/N=C(\N)CC[C@@]1(F)CCCCNC(C(=O)OCC(C)C)CCC1.[HH]. The van der Waals surface area contributed by atoms with E-state index in [1.807, 2.05) is 13.8 Å². The molecule has 7 heteroatoms. The summed E-state index contributed by atoms with van der Waals surface area (Å²) >= 11 is 0. The van der Waals surface area contributed by atoms with Gasteiger partial charge >= 0.3 is 5.97 Å². The molecule has 1 heterocycles. The summed E-state index contributed by atoms with van der Waals surface area (Å²) in [6.45, 7) is 5.15. The van der Waals surface area contributed by atoms with Crippen LogP contribution in [0.4, 0.5) is 4.39 Å². The molecule has 1 saturated heterocycles. The van der Waals surface area contributed by atoms with Crippen LogP contribution in [0.2, 0.25) is 0 Å². The van der Waals surface area contributed by atoms with Crippen LogP contribution in [0.15, 0.2) is 5.10 Å². The largest absolute Gasteiger partial charge is 0.464 e. The molecular formula is C18H37FN4O2. The Morgan fingerprint density at radius 2 is 2.16 bits per heavy atom. The highest BCUT2D eigenvalue weighted by Crippen LogP contribution is 2.32. The van der Waals surface area contributed by atoms with Gasteiger partial charge in [0.2, 0.25) is 0 Å². The summed E-state index contributed by atoms with van der Waals surface area (Å²) < 4.78 is 20.6. The van der Waals surface area contributed by atoms with E-state index in [9.17, 15) is 4.79 Å². The van der Waals surface area contributed by atoms with E-state index in [-0.39, 0.29) is 13.4 Å². The summed E-state index contributed by atoms with van der Waals surface area (Å²) in [5, 5.41) is 7.15. The number of nitrogens with two attached hydrogens (primary N) is 1. The predicted molar refractivity (Wildman–Crippen MR) is 101 cm³/mol. The first-order valence-corrected chi connectivity index (χ1v) is 9.44. The number of rotatable bonds is 7. The van der Waals surface area contributed by atoms with E-state index < -0.39 is 5.67 Å². The summed E-state index contributed by atoms with van der Waals surface area (Å²) in [4.78, 5) is 12.2. The molecule has 6 nitrogen and oxygen atoms in total. The van der Waals surface area contributed by atoms with Crippen molar-refractivity contribution in [3.05, 3.63) is 0 Å². The Hall–Kier alpha value is -1.37. The van der Waals surface area contributed by atoms with Crippen molar-refractivity contribution in [3.8, 4) is 0 Å². The third-order valence-electron chi connectivity index (χ3n) is 4.49. The zero-order valence-corrected chi connectivity index (χ0v) is 15.9. The smallest absolute Gasteiger partial charge is 0.323 e. The van der Waals surface area contributed by atoms with Crippen molar-refractivity contribution in [2.45, 2.75) is 76.9 Å². The first kappa shape index (κ1) is 21.7. The average Bonchev–Trinajstić information content (AvgIpc) is 2.56. The third-order valence-corrected chi connectivity index (χ3v) is 4.49. The average molecular weight is 361 g/mol. The molecule has 148 valence electrons. The van der Waals surface area contributed by atoms with Gasteiger partial charge < -0.3 is 21.2 Å². The predicted octanol–water partition coefficient (Wildman–Crippen LogP) is 2.72. The first-order valence-electron chi connectivity index (χ1n) is 9.44. The van der Waals surface area contributed by atoms with Crippen molar-refractivity contribution in [1.29, 1.82) is 0 Å². The topological polar surface area (TPSA) is 88.7 Å². The first-order chi connectivity index (χ1) is 11.9. The number of alkyl halides is 1. The van der Waals surface area contributed by atoms with Crippen LogP contribution in [0, 0.1) is 5.92 Å². The molecule has 0 radical (unpaired) electrons. The lowest BCUT2D eigenvalue weighted by Crippen LogP contribution is -2.40. The molecule has 25 heavy (non-hydrogen) atoms. The fourth-order valence-corrected chi connectivity index (χ4v) is 3.05. The van der Waals surface area contributed by atoms with Crippen LogP contribution < -0.4 is 16.5 Å². The number of esters is 1. The van der Waals surface area contributed by atoms with E-state index in [4.69, 9.17) is 10.5 Å². The molecule has 0 aromatic heterocycles. The van der Waals surface area contributed by atoms with Gasteiger partial charge in [0.15, 0.2) is 0 Å². The Morgan fingerprint density at radius 1 is 1.44 bits per heavy atom. The highest BCUT2D eigenvalue weighted by Gasteiger charge is 2.31. The molecule has 0 aromatic rings. The zero-order chi connectivity index (χ0) is 18.7. The van der Waals surface area contributed by atoms with Gasteiger partial charge in [-0.15, -0.1) is 0 Å². The Bertz CT molecular complexity index is 437. The summed E-state index contributed by atoms with van der Waals surface area (Å²) in [5.41, 5.74) is 7.14. The summed E-state index contributed by atoms with van der Waals surface area (Å²) in [6.07, 6.45) is 4.67. The van der Waals surface area contributed by atoms with Crippen LogP contribution in [-0.4, -0.2) is 43.7 Å². The monoisotopic (exact) mass is 360 g/mol. The number of hydrazone groups is 1. The highest BCUT2D eigenvalue weighted by molar-refractivity contribution is 5.80. The van der Waals surface area contributed by atoms with Gasteiger partial charge in [-0.05, 0) is 57.4 Å². The van der Waals surface area contributed by atoms with E-state index in [0.29, 0.717) is 63.4 Å². The molecule has 0 bridgehead atoms.